The van der Waals surface area contributed by atoms with Gasteiger partial charge in [0, 0.05) is 22.9 Å². The first-order valence-corrected chi connectivity index (χ1v) is 6.98. The summed E-state index contributed by atoms with van der Waals surface area (Å²) < 4.78 is 11.5. The summed E-state index contributed by atoms with van der Waals surface area (Å²) in [6.45, 7) is 0. The van der Waals surface area contributed by atoms with Crippen molar-refractivity contribution in [2.24, 2.45) is 0 Å². The van der Waals surface area contributed by atoms with E-state index in [-0.39, 0.29) is 5.60 Å². The molecule has 1 saturated carbocycles. The minimum Gasteiger partial charge on any atom is -0.495 e. The predicted octanol–water partition coefficient (Wildman–Crippen LogP) is 3.98. The van der Waals surface area contributed by atoms with Gasteiger partial charge in [0.1, 0.15) is 17.1 Å². The Labute approximate surface area is 122 Å². The van der Waals surface area contributed by atoms with E-state index in [4.69, 9.17) is 26.8 Å². The topological polar surface area (TPSA) is 44.5 Å². The van der Waals surface area contributed by atoms with Gasteiger partial charge in [-0.1, -0.05) is 11.6 Å². The molecule has 0 bridgehead atoms. The second-order valence-electron chi connectivity index (χ2n) is 5.38. The quantitative estimate of drug-likeness (QED) is 0.807. The Morgan fingerprint density at radius 3 is 2.70 bits per heavy atom. The number of ether oxygens (including phenoxy) is 2. The lowest BCUT2D eigenvalue weighted by atomic mass is 9.91. The number of halogens is 1. The van der Waals surface area contributed by atoms with Crippen molar-refractivity contribution < 1.29 is 9.47 Å². The van der Waals surface area contributed by atoms with Crippen LogP contribution in [0.25, 0.3) is 11.1 Å². The molecule has 20 heavy (non-hydrogen) atoms. The van der Waals surface area contributed by atoms with E-state index in [0.717, 1.165) is 35.3 Å². The minimum absolute atomic E-state index is 0.214. The number of fused-ring (bicyclic) bond motifs is 4. The Hall–Kier alpha value is -1.87. The zero-order valence-electron chi connectivity index (χ0n) is 11.1. The molecule has 1 fully saturated rings. The number of methoxy groups -OCH3 is 1. The molecule has 1 spiro atoms. The number of benzene rings is 2. The zero-order chi connectivity index (χ0) is 13.9. The zero-order valence-corrected chi connectivity index (χ0v) is 11.8. The highest BCUT2D eigenvalue weighted by atomic mass is 35.5. The van der Waals surface area contributed by atoms with Gasteiger partial charge in [0.05, 0.1) is 12.1 Å². The summed E-state index contributed by atoms with van der Waals surface area (Å²) in [6, 6.07) is 9.73. The van der Waals surface area contributed by atoms with E-state index in [9.17, 15) is 0 Å². The molecule has 3 nitrogen and oxygen atoms in total. The molecule has 0 radical (unpaired) electrons. The Kier molecular flexibility index (Phi) is 2.28. The molecule has 1 aliphatic carbocycles. The molecule has 4 rings (SSSR count). The summed E-state index contributed by atoms with van der Waals surface area (Å²) in [6.07, 6.45) is 2.03. The Morgan fingerprint density at radius 2 is 2.00 bits per heavy atom. The van der Waals surface area contributed by atoms with E-state index in [0.29, 0.717) is 16.5 Å². The van der Waals surface area contributed by atoms with Crippen LogP contribution in [0.3, 0.4) is 0 Å². The molecule has 4 heteroatoms. The van der Waals surface area contributed by atoms with E-state index in [1.165, 1.54) is 0 Å². The molecule has 2 aromatic rings. The SMILES string of the molecule is COc1cc2c(cc1Cl)-c1ccc(N)cc1OC21CC1. The van der Waals surface area contributed by atoms with Gasteiger partial charge < -0.3 is 15.2 Å². The van der Waals surface area contributed by atoms with Crippen molar-refractivity contribution in [2.75, 3.05) is 12.8 Å². The van der Waals surface area contributed by atoms with Crippen LogP contribution in [0, 0.1) is 0 Å². The van der Waals surface area contributed by atoms with Crippen LogP contribution >= 0.6 is 11.6 Å². The highest BCUT2D eigenvalue weighted by Crippen LogP contribution is 2.58. The predicted molar refractivity (Wildman–Crippen MR) is 79.4 cm³/mol. The van der Waals surface area contributed by atoms with E-state index in [1.807, 2.05) is 30.3 Å². The Balaban J connectivity index is 2.00. The van der Waals surface area contributed by atoms with Crippen LogP contribution in [-0.2, 0) is 5.60 Å². The number of nitrogen functional groups attached to an aromatic ring is 1. The maximum atomic E-state index is 6.28. The number of hydrogen-bond acceptors (Lipinski definition) is 3. The van der Waals surface area contributed by atoms with E-state index in [1.54, 1.807) is 7.11 Å². The highest BCUT2D eigenvalue weighted by molar-refractivity contribution is 6.32. The average molecular weight is 288 g/mol. The normalized spacial score (nSPS) is 17.1. The molecule has 0 aromatic heterocycles. The van der Waals surface area contributed by atoms with Crippen molar-refractivity contribution in [3.63, 3.8) is 0 Å². The van der Waals surface area contributed by atoms with Crippen LogP contribution in [0.15, 0.2) is 30.3 Å². The molecule has 1 aliphatic heterocycles. The van der Waals surface area contributed by atoms with Crippen LogP contribution in [0.2, 0.25) is 5.02 Å². The maximum absolute atomic E-state index is 6.28. The molecule has 0 unspecified atom stereocenters. The van der Waals surface area contributed by atoms with E-state index >= 15 is 0 Å². The van der Waals surface area contributed by atoms with Gasteiger partial charge in [-0.25, -0.2) is 0 Å². The summed E-state index contributed by atoms with van der Waals surface area (Å²) >= 11 is 6.28. The lowest BCUT2D eigenvalue weighted by Crippen LogP contribution is -2.21. The van der Waals surface area contributed by atoms with Crippen LogP contribution in [0.5, 0.6) is 11.5 Å². The van der Waals surface area contributed by atoms with Gasteiger partial charge in [0.15, 0.2) is 0 Å². The molecule has 2 aliphatic rings. The fraction of sp³-hybridized carbons (Fsp3) is 0.250. The molecular weight excluding hydrogens is 274 g/mol. The van der Waals surface area contributed by atoms with Gasteiger partial charge in [0.25, 0.3) is 0 Å². The van der Waals surface area contributed by atoms with E-state index in [2.05, 4.69) is 0 Å². The standard InChI is InChI=1S/C16H14ClNO2/c1-19-15-8-12-11(7-13(15)17)10-3-2-9(18)6-14(10)20-16(12)4-5-16/h2-3,6-8H,4-5,18H2,1H3. The molecule has 1 heterocycles. The third-order valence-electron chi connectivity index (χ3n) is 4.09. The number of rotatable bonds is 1. The summed E-state index contributed by atoms with van der Waals surface area (Å²) in [5.74, 6) is 1.54. The summed E-state index contributed by atoms with van der Waals surface area (Å²) in [5, 5.41) is 0.617. The maximum Gasteiger partial charge on any atom is 0.137 e. The second kappa shape index (κ2) is 3.83. The summed E-state index contributed by atoms with van der Waals surface area (Å²) in [5.41, 5.74) is 9.68. The number of nitrogens with two attached hydrogens (primary N) is 1. The lowest BCUT2D eigenvalue weighted by molar-refractivity contribution is 0.177. The molecule has 2 aromatic carbocycles. The fourth-order valence-corrected chi connectivity index (χ4v) is 3.15. The summed E-state index contributed by atoms with van der Waals surface area (Å²) in [7, 11) is 1.63. The smallest absolute Gasteiger partial charge is 0.137 e. The van der Waals surface area contributed by atoms with Crippen molar-refractivity contribution >= 4 is 17.3 Å². The first kappa shape index (κ1) is 11.9. The van der Waals surface area contributed by atoms with Crippen LogP contribution in [-0.4, -0.2) is 7.11 Å². The van der Waals surface area contributed by atoms with Gasteiger partial charge >= 0.3 is 0 Å². The molecule has 102 valence electrons. The Bertz CT molecular complexity index is 723. The third-order valence-corrected chi connectivity index (χ3v) is 4.38. The van der Waals surface area contributed by atoms with Crippen LogP contribution < -0.4 is 15.2 Å². The number of hydrogen-bond donors (Lipinski definition) is 1. The van der Waals surface area contributed by atoms with Gasteiger partial charge in [-0.05, 0) is 42.7 Å². The molecule has 2 N–H and O–H groups in total. The monoisotopic (exact) mass is 287 g/mol. The first-order valence-electron chi connectivity index (χ1n) is 6.60. The van der Waals surface area contributed by atoms with Crippen molar-refractivity contribution in [1.29, 1.82) is 0 Å². The van der Waals surface area contributed by atoms with Gasteiger partial charge in [-0.15, -0.1) is 0 Å². The van der Waals surface area contributed by atoms with Gasteiger partial charge in [-0.3, -0.25) is 0 Å². The summed E-state index contributed by atoms with van der Waals surface area (Å²) in [4.78, 5) is 0. The van der Waals surface area contributed by atoms with E-state index < -0.39 is 0 Å². The van der Waals surface area contributed by atoms with Crippen molar-refractivity contribution in [3.05, 3.63) is 40.9 Å². The molecule has 0 atom stereocenters. The van der Waals surface area contributed by atoms with Gasteiger partial charge in [-0.2, -0.15) is 0 Å². The first-order chi connectivity index (χ1) is 9.63. The Morgan fingerprint density at radius 1 is 1.20 bits per heavy atom. The average Bonchev–Trinajstić information content (AvgIpc) is 3.18. The van der Waals surface area contributed by atoms with Crippen molar-refractivity contribution in [2.45, 2.75) is 18.4 Å². The molecular formula is C16H14ClNO2. The number of anilines is 1. The minimum atomic E-state index is -0.214. The molecule has 0 amide bonds. The van der Waals surface area contributed by atoms with Crippen LogP contribution in [0.1, 0.15) is 18.4 Å². The molecule has 0 saturated heterocycles. The highest BCUT2D eigenvalue weighted by Gasteiger charge is 2.51. The van der Waals surface area contributed by atoms with Crippen molar-refractivity contribution in [1.82, 2.24) is 0 Å². The third kappa shape index (κ3) is 1.53. The van der Waals surface area contributed by atoms with Crippen molar-refractivity contribution in [3.8, 4) is 22.6 Å². The van der Waals surface area contributed by atoms with Gasteiger partial charge in [0.2, 0.25) is 0 Å². The largest absolute Gasteiger partial charge is 0.495 e. The second-order valence-corrected chi connectivity index (χ2v) is 5.79. The lowest BCUT2D eigenvalue weighted by Gasteiger charge is -2.29. The fourth-order valence-electron chi connectivity index (χ4n) is 2.91. The van der Waals surface area contributed by atoms with Crippen LogP contribution in [0.4, 0.5) is 5.69 Å².